The third kappa shape index (κ3) is 1.49. The summed E-state index contributed by atoms with van der Waals surface area (Å²) < 4.78 is 11.6. The number of hydrogen-bond donors (Lipinski definition) is 1. The highest BCUT2D eigenvalue weighted by Gasteiger charge is 2.08. The number of hydrogen-bond acceptors (Lipinski definition) is 3. The molecule has 0 aliphatic heterocycles. The highest BCUT2D eigenvalue weighted by Crippen LogP contribution is 2.15. The van der Waals surface area contributed by atoms with Crippen LogP contribution in [0.3, 0.4) is 0 Å². The van der Waals surface area contributed by atoms with E-state index in [1.54, 1.807) is 0 Å². The minimum absolute atomic E-state index is 0.0185. The number of para-hydroxylation sites is 1. The molecule has 0 heterocycles. The lowest BCUT2D eigenvalue weighted by atomic mass is 10.2. The van der Waals surface area contributed by atoms with Crippen molar-refractivity contribution in [2.24, 2.45) is 0 Å². The molecule has 11 heavy (non-hydrogen) atoms. The molecule has 0 saturated heterocycles. The van der Waals surface area contributed by atoms with Crippen molar-refractivity contribution in [3.8, 4) is 5.75 Å². The lowest BCUT2D eigenvalue weighted by Crippen LogP contribution is -2.00. The molecule has 1 aromatic carbocycles. The van der Waals surface area contributed by atoms with E-state index in [1.807, 2.05) is 0 Å². The van der Waals surface area contributed by atoms with E-state index in [0.29, 0.717) is 0 Å². The van der Waals surface area contributed by atoms with Crippen LogP contribution in [-0.4, -0.2) is 18.2 Å². The first-order valence-corrected chi connectivity index (χ1v) is 3.03. The summed E-state index contributed by atoms with van der Waals surface area (Å²) in [6.07, 6.45) is 0. The van der Waals surface area contributed by atoms with Crippen LogP contribution in [0.15, 0.2) is 24.2 Å². The monoisotopic (exact) mass is 153 g/mol. The van der Waals surface area contributed by atoms with Crippen LogP contribution in [-0.2, 0) is 4.74 Å². The standard InChI is InChI=1S/C8H8O3/c1-11-8(10)6-4-2-3-5-7(6)9/h2-5,9H,1H3/i5D. The molecular formula is C8H8O3. The Kier molecular flexibility index (Phi) is 1.73. The van der Waals surface area contributed by atoms with Crippen molar-refractivity contribution in [1.82, 2.24) is 0 Å². The van der Waals surface area contributed by atoms with Gasteiger partial charge >= 0.3 is 5.97 Å². The second-order valence-corrected chi connectivity index (χ2v) is 1.92. The highest BCUT2D eigenvalue weighted by atomic mass is 16.5. The van der Waals surface area contributed by atoms with Crippen molar-refractivity contribution < 1.29 is 16.0 Å². The van der Waals surface area contributed by atoms with Gasteiger partial charge in [0.2, 0.25) is 0 Å². The number of esters is 1. The van der Waals surface area contributed by atoms with Crippen LogP contribution in [0.2, 0.25) is 0 Å². The fourth-order valence-electron chi connectivity index (χ4n) is 0.703. The predicted octanol–water partition coefficient (Wildman–Crippen LogP) is 1.18. The van der Waals surface area contributed by atoms with Gasteiger partial charge in [0.25, 0.3) is 0 Å². The van der Waals surface area contributed by atoms with Gasteiger partial charge < -0.3 is 9.84 Å². The Bertz CT molecular complexity index is 309. The molecule has 0 aliphatic rings. The minimum atomic E-state index is -0.637. The quantitative estimate of drug-likeness (QED) is 0.616. The van der Waals surface area contributed by atoms with Crippen LogP contribution in [0.5, 0.6) is 5.75 Å². The molecule has 0 fully saturated rings. The lowest BCUT2D eigenvalue weighted by molar-refractivity contribution is 0.0597. The molecule has 0 amide bonds. The van der Waals surface area contributed by atoms with Gasteiger partial charge in [-0.1, -0.05) is 12.1 Å². The number of benzene rings is 1. The fraction of sp³-hybridized carbons (Fsp3) is 0.125. The first-order chi connectivity index (χ1) is 5.66. The average Bonchev–Trinajstić information content (AvgIpc) is 2.08. The van der Waals surface area contributed by atoms with Crippen LogP contribution in [0, 0.1) is 0 Å². The normalized spacial score (nSPS) is 10.5. The Morgan fingerprint density at radius 2 is 2.45 bits per heavy atom. The van der Waals surface area contributed by atoms with E-state index >= 15 is 0 Å². The number of phenols is 1. The van der Waals surface area contributed by atoms with Crippen LogP contribution >= 0.6 is 0 Å². The first kappa shape index (κ1) is 6.22. The SMILES string of the molecule is [2H]c1cccc(C(=O)OC)c1O. The Hall–Kier alpha value is -1.51. The molecule has 1 N–H and O–H groups in total. The molecule has 58 valence electrons. The molecule has 0 aromatic heterocycles. The number of phenolic OH excluding ortho intramolecular Hbond substituents is 1. The maximum Gasteiger partial charge on any atom is 0.341 e. The molecule has 0 radical (unpaired) electrons. The van der Waals surface area contributed by atoms with Crippen LogP contribution in [0.4, 0.5) is 0 Å². The van der Waals surface area contributed by atoms with E-state index in [1.165, 1.54) is 25.3 Å². The topological polar surface area (TPSA) is 46.5 Å². The second kappa shape index (κ2) is 3.05. The van der Waals surface area contributed by atoms with Gasteiger partial charge in [-0.15, -0.1) is 0 Å². The predicted molar refractivity (Wildman–Crippen MR) is 39.4 cm³/mol. The van der Waals surface area contributed by atoms with Crippen LogP contribution in [0.1, 0.15) is 11.7 Å². The van der Waals surface area contributed by atoms with Crippen LogP contribution in [0.25, 0.3) is 0 Å². The number of carbonyl (C=O) groups is 1. The minimum Gasteiger partial charge on any atom is -0.507 e. The third-order valence-corrected chi connectivity index (χ3v) is 1.24. The van der Waals surface area contributed by atoms with Gasteiger partial charge in [-0.05, 0) is 12.1 Å². The van der Waals surface area contributed by atoms with E-state index in [0.717, 1.165) is 0 Å². The Morgan fingerprint density at radius 1 is 1.73 bits per heavy atom. The number of aromatic hydroxyl groups is 1. The van der Waals surface area contributed by atoms with Crippen molar-refractivity contribution in [3.05, 3.63) is 29.8 Å². The number of carbonyl (C=O) groups excluding carboxylic acids is 1. The smallest absolute Gasteiger partial charge is 0.341 e. The summed E-state index contributed by atoms with van der Waals surface area (Å²) in [5.41, 5.74) is 0.0185. The molecular weight excluding hydrogens is 144 g/mol. The summed E-state index contributed by atoms with van der Waals surface area (Å²) in [5.74, 6) is -0.981. The summed E-state index contributed by atoms with van der Waals surface area (Å²) >= 11 is 0. The highest BCUT2D eigenvalue weighted by molar-refractivity contribution is 5.92. The Balaban J connectivity index is 3.16. The number of rotatable bonds is 1. The van der Waals surface area contributed by atoms with Gasteiger partial charge in [0, 0.05) is 0 Å². The fourth-order valence-corrected chi connectivity index (χ4v) is 0.703. The molecule has 3 heteroatoms. The molecule has 0 aliphatic carbocycles. The molecule has 3 nitrogen and oxygen atoms in total. The zero-order chi connectivity index (χ0) is 9.14. The maximum absolute atomic E-state index is 10.9. The van der Waals surface area contributed by atoms with Crippen molar-refractivity contribution >= 4 is 5.97 Å². The van der Waals surface area contributed by atoms with Gasteiger partial charge in [0.15, 0.2) is 0 Å². The van der Waals surface area contributed by atoms with E-state index in [2.05, 4.69) is 4.74 Å². The zero-order valence-electron chi connectivity index (χ0n) is 7.00. The van der Waals surface area contributed by atoms with Gasteiger partial charge in [0.1, 0.15) is 11.3 Å². The largest absolute Gasteiger partial charge is 0.507 e. The molecule has 0 spiro atoms. The molecule has 0 unspecified atom stereocenters. The summed E-state index contributed by atoms with van der Waals surface area (Å²) in [4.78, 5) is 10.9. The summed E-state index contributed by atoms with van der Waals surface area (Å²) in [6, 6.07) is 4.22. The third-order valence-electron chi connectivity index (χ3n) is 1.24. The van der Waals surface area contributed by atoms with Crippen molar-refractivity contribution in [2.45, 2.75) is 0 Å². The molecule has 1 rings (SSSR count). The van der Waals surface area contributed by atoms with E-state index in [9.17, 15) is 9.90 Å². The maximum atomic E-state index is 10.9. The Labute approximate surface area is 65.6 Å². The zero-order valence-corrected chi connectivity index (χ0v) is 6.00. The molecule has 0 bridgehead atoms. The van der Waals surface area contributed by atoms with Crippen molar-refractivity contribution in [2.75, 3.05) is 7.11 Å². The molecule has 0 saturated carbocycles. The van der Waals surface area contributed by atoms with E-state index in [4.69, 9.17) is 1.37 Å². The molecule has 1 aromatic rings. The van der Waals surface area contributed by atoms with Gasteiger partial charge in [-0.2, -0.15) is 0 Å². The number of methoxy groups -OCH3 is 1. The lowest BCUT2D eigenvalue weighted by Gasteiger charge is -1.99. The second-order valence-electron chi connectivity index (χ2n) is 1.92. The van der Waals surface area contributed by atoms with Crippen LogP contribution < -0.4 is 0 Å². The average molecular weight is 153 g/mol. The van der Waals surface area contributed by atoms with Gasteiger partial charge in [-0.3, -0.25) is 0 Å². The van der Waals surface area contributed by atoms with E-state index in [-0.39, 0.29) is 17.4 Å². The van der Waals surface area contributed by atoms with E-state index < -0.39 is 5.97 Å². The number of ether oxygens (including phenoxy) is 1. The Morgan fingerprint density at radius 3 is 3.09 bits per heavy atom. The van der Waals surface area contributed by atoms with Gasteiger partial charge in [0.05, 0.1) is 8.48 Å². The summed E-state index contributed by atoms with van der Waals surface area (Å²) in [7, 11) is 1.22. The first-order valence-electron chi connectivity index (χ1n) is 3.53. The van der Waals surface area contributed by atoms with Gasteiger partial charge in [-0.25, -0.2) is 4.79 Å². The summed E-state index contributed by atoms with van der Waals surface area (Å²) in [6.45, 7) is 0. The van der Waals surface area contributed by atoms with Crippen molar-refractivity contribution in [1.29, 1.82) is 0 Å². The molecule has 0 atom stereocenters. The van der Waals surface area contributed by atoms with Crippen molar-refractivity contribution in [3.63, 3.8) is 0 Å². The summed E-state index contributed by atoms with van der Waals surface area (Å²) in [5, 5.41) is 9.21.